The molecule has 1 saturated heterocycles. The maximum absolute atomic E-state index is 12.5. The van der Waals surface area contributed by atoms with Gasteiger partial charge in [-0.15, -0.1) is 0 Å². The lowest BCUT2D eigenvalue weighted by Gasteiger charge is -2.41. The molecule has 2 heterocycles. The topological polar surface area (TPSA) is 47.4 Å². The van der Waals surface area contributed by atoms with Crippen LogP contribution in [0.4, 0.5) is 0 Å². The summed E-state index contributed by atoms with van der Waals surface area (Å²) >= 11 is 0. The first-order valence-corrected chi connectivity index (χ1v) is 8.47. The van der Waals surface area contributed by atoms with Gasteiger partial charge in [-0.3, -0.25) is 4.79 Å². The van der Waals surface area contributed by atoms with Gasteiger partial charge in [0.2, 0.25) is 5.91 Å². The van der Waals surface area contributed by atoms with Gasteiger partial charge in [-0.1, -0.05) is 18.2 Å². The predicted molar refractivity (Wildman–Crippen MR) is 93.1 cm³/mol. The van der Waals surface area contributed by atoms with Gasteiger partial charge in [0.25, 0.3) is 0 Å². The van der Waals surface area contributed by atoms with E-state index in [1.165, 1.54) is 0 Å². The van der Waals surface area contributed by atoms with Gasteiger partial charge in [0, 0.05) is 25.7 Å². The van der Waals surface area contributed by atoms with Gasteiger partial charge in [-0.2, -0.15) is 5.10 Å². The van der Waals surface area contributed by atoms with E-state index in [1.807, 2.05) is 73.1 Å². The Morgan fingerprint density at radius 2 is 2.08 bits per heavy atom. The molecule has 1 aliphatic rings. The summed E-state index contributed by atoms with van der Waals surface area (Å²) in [7, 11) is 0. The third kappa shape index (κ3) is 4.03. The van der Waals surface area contributed by atoms with Crippen molar-refractivity contribution < 1.29 is 9.53 Å². The van der Waals surface area contributed by atoms with Gasteiger partial charge < -0.3 is 9.64 Å². The number of benzene rings is 1. The molecule has 0 bridgehead atoms. The summed E-state index contributed by atoms with van der Waals surface area (Å²) in [5.41, 5.74) is 1.83. The van der Waals surface area contributed by atoms with Crippen molar-refractivity contribution in [1.82, 2.24) is 14.7 Å². The van der Waals surface area contributed by atoms with Gasteiger partial charge in [0.05, 0.1) is 23.6 Å². The number of amides is 1. The highest BCUT2D eigenvalue weighted by Gasteiger charge is 2.33. The number of morpholine rings is 1. The third-order valence-electron chi connectivity index (χ3n) is 4.21. The lowest BCUT2D eigenvalue weighted by atomic mass is 10.0. The van der Waals surface area contributed by atoms with Crippen LogP contribution in [0.25, 0.3) is 5.69 Å². The maximum Gasteiger partial charge on any atom is 0.223 e. The minimum Gasteiger partial charge on any atom is -0.369 e. The quantitative estimate of drug-likeness (QED) is 0.867. The van der Waals surface area contributed by atoms with Crippen molar-refractivity contribution in [3.05, 3.63) is 48.3 Å². The minimum atomic E-state index is -0.272. The van der Waals surface area contributed by atoms with Crippen LogP contribution >= 0.6 is 0 Å². The number of hydrogen-bond acceptors (Lipinski definition) is 3. The van der Waals surface area contributed by atoms with Crippen molar-refractivity contribution in [3.63, 3.8) is 0 Å². The Balaban J connectivity index is 1.58. The summed E-state index contributed by atoms with van der Waals surface area (Å²) in [6.07, 6.45) is 5.13. The zero-order chi connectivity index (χ0) is 17.2. The van der Waals surface area contributed by atoms with Crippen LogP contribution in [-0.4, -0.2) is 45.4 Å². The number of ether oxygens (including phenoxy) is 1. The van der Waals surface area contributed by atoms with Crippen LogP contribution in [-0.2, 0) is 16.0 Å². The first-order valence-electron chi connectivity index (χ1n) is 8.47. The summed E-state index contributed by atoms with van der Waals surface area (Å²) < 4.78 is 7.71. The van der Waals surface area contributed by atoms with Crippen LogP contribution in [0, 0.1) is 0 Å². The lowest BCUT2D eigenvalue weighted by Crippen LogP contribution is -2.53. The summed E-state index contributed by atoms with van der Waals surface area (Å²) in [6, 6.07) is 9.98. The number of rotatable bonds is 4. The average Bonchev–Trinajstić information content (AvgIpc) is 3.00. The highest BCUT2D eigenvalue weighted by atomic mass is 16.5. The van der Waals surface area contributed by atoms with Crippen LogP contribution in [0.2, 0.25) is 0 Å². The average molecular weight is 327 g/mol. The summed E-state index contributed by atoms with van der Waals surface area (Å²) in [5, 5.41) is 4.38. The molecule has 1 aromatic carbocycles. The molecule has 5 heteroatoms. The van der Waals surface area contributed by atoms with Gasteiger partial charge in [-0.25, -0.2) is 4.68 Å². The second-order valence-electron chi connectivity index (χ2n) is 7.09. The zero-order valence-electron chi connectivity index (χ0n) is 14.6. The molecule has 0 spiro atoms. The van der Waals surface area contributed by atoms with Crippen molar-refractivity contribution >= 4 is 5.91 Å². The molecule has 1 unspecified atom stereocenters. The van der Waals surface area contributed by atoms with E-state index in [4.69, 9.17) is 4.74 Å². The minimum absolute atomic E-state index is 0.0820. The van der Waals surface area contributed by atoms with E-state index in [9.17, 15) is 4.79 Å². The van der Waals surface area contributed by atoms with Crippen LogP contribution in [0.5, 0.6) is 0 Å². The molecular weight excluding hydrogens is 302 g/mol. The molecule has 3 rings (SSSR count). The van der Waals surface area contributed by atoms with Crippen LogP contribution < -0.4 is 0 Å². The van der Waals surface area contributed by atoms with Gasteiger partial charge >= 0.3 is 0 Å². The molecule has 0 N–H and O–H groups in total. The summed E-state index contributed by atoms with van der Waals surface area (Å²) in [5.74, 6) is 0.186. The number of carbonyl (C=O) groups is 1. The molecule has 1 fully saturated rings. The van der Waals surface area contributed by atoms with E-state index >= 15 is 0 Å². The van der Waals surface area contributed by atoms with E-state index in [2.05, 4.69) is 5.10 Å². The maximum atomic E-state index is 12.5. The number of hydrogen-bond donors (Lipinski definition) is 0. The van der Waals surface area contributed by atoms with E-state index in [1.54, 1.807) is 0 Å². The molecule has 0 saturated carbocycles. The zero-order valence-corrected chi connectivity index (χ0v) is 14.6. The SMILES string of the molecule is CC1CN(C(=O)CCc2cnn(-c3ccccc3)c2)CC(C)(C)O1. The van der Waals surface area contributed by atoms with Crippen molar-refractivity contribution in [2.75, 3.05) is 13.1 Å². The van der Waals surface area contributed by atoms with Crippen LogP contribution in [0.1, 0.15) is 32.8 Å². The predicted octanol–water partition coefficient (Wildman–Crippen LogP) is 2.83. The number of carbonyl (C=O) groups excluding carboxylic acids is 1. The summed E-state index contributed by atoms with van der Waals surface area (Å²) in [6.45, 7) is 7.41. The van der Waals surface area contributed by atoms with E-state index in [0.29, 0.717) is 25.9 Å². The third-order valence-corrected chi connectivity index (χ3v) is 4.21. The van der Waals surface area contributed by atoms with E-state index in [-0.39, 0.29) is 17.6 Å². The summed E-state index contributed by atoms with van der Waals surface area (Å²) in [4.78, 5) is 14.5. The Labute approximate surface area is 143 Å². The molecule has 0 radical (unpaired) electrons. The van der Waals surface area contributed by atoms with Crippen molar-refractivity contribution in [2.45, 2.75) is 45.3 Å². The highest BCUT2D eigenvalue weighted by Crippen LogP contribution is 2.21. The Hall–Kier alpha value is -2.14. The normalized spacial score (nSPS) is 20.1. The molecular formula is C19H25N3O2. The Morgan fingerprint density at radius 1 is 1.33 bits per heavy atom. The van der Waals surface area contributed by atoms with Gasteiger partial charge in [0.1, 0.15) is 0 Å². The Kier molecular flexibility index (Phi) is 4.71. The molecule has 1 atom stereocenters. The second-order valence-corrected chi connectivity index (χ2v) is 7.09. The monoisotopic (exact) mass is 327 g/mol. The number of nitrogens with zero attached hydrogens (tertiary/aromatic N) is 3. The van der Waals surface area contributed by atoms with Crippen molar-refractivity contribution in [2.24, 2.45) is 0 Å². The smallest absolute Gasteiger partial charge is 0.223 e. The van der Waals surface area contributed by atoms with Crippen molar-refractivity contribution in [1.29, 1.82) is 0 Å². The highest BCUT2D eigenvalue weighted by molar-refractivity contribution is 5.76. The molecule has 1 aliphatic heterocycles. The second kappa shape index (κ2) is 6.77. The van der Waals surface area contributed by atoms with Crippen LogP contribution in [0.15, 0.2) is 42.7 Å². The number of aryl methyl sites for hydroxylation is 1. The Morgan fingerprint density at radius 3 is 2.79 bits per heavy atom. The fourth-order valence-electron chi connectivity index (χ4n) is 3.26. The van der Waals surface area contributed by atoms with E-state index in [0.717, 1.165) is 11.3 Å². The fraction of sp³-hybridized carbons (Fsp3) is 0.474. The number of aromatic nitrogens is 2. The molecule has 0 aliphatic carbocycles. The molecule has 1 amide bonds. The Bertz CT molecular complexity index is 694. The lowest BCUT2D eigenvalue weighted by molar-refractivity contribution is -0.158. The molecule has 5 nitrogen and oxygen atoms in total. The first kappa shape index (κ1) is 16.7. The molecule has 1 aromatic heterocycles. The molecule has 24 heavy (non-hydrogen) atoms. The molecule has 2 aromatic rings. The standard InChI is InChI=1S/C19H25N3O2/c1-15-12-21(14-19(2,3)24-15)18(23)10-9-16-11-20-22(13-16)17-7-5-4-6-8-17/h4-8,11,13,15H,9-10,12,14H2,1-3H3. The van der Waals surface area contributed by atoms with Crippen molar-refractivity contribution in [3.8, 4) is 5.69 Å². The first-order chi connectivity index (χ1) is 11.4. The van der Waals surface area contributed by atoms with Gasteiger partial charge in [-0.05, 0) is 44.9 Å². The van der Waals surface area contributed by atoms with E-state index < -0.39 is 0 Å². The van der Waals surface area contributed by atoms with Crippen LogP contribution in [0.3, 0.4) is 0 Å². The molecule has 128 valence electrons. The fourth-order valence-corrected chi connectivity index (χ4v) is 3.26. The van der Waals surface area contributed by atoms with Gasteiger partial charge in [0.15, 0.2) is 0 Å². The largest absolute Gasteiger partial charge is 0.369 e. The number of para-hydroxylation sites is 1.